The Morgan fingerprint density at radius 2 is 2.18 bits per heavy atom. The standard InChI is InChI=1S/C17H20ClN3.ClH/c1-13-15(5-3-7-20-13)12-21-9-8-19-11-17(21)14-4-2-6-16(18)10-14;/h2-7,10,17,19H,8-9,11-12H2,1H3;1H. The molecule has 0 saturated carbocycles. The van der Waals surface area contributed by atoms with Crippen molar-refractivity contribution in [2.45, 2.75) is 19.5 Å². The van der Waals surface area contributed by atoms with E-state index in [2.05, 4.69) is 40.3 Å². The predicted octanol–water partition coefficient (Wildman–Crippen LogP) is 3.61. The molecule has 0 amide bonds. The van der Waals surface area contributed by atoms with E-state index in [9.17, 15) is 0 Å². The summed E-state index contributed by atoms with van der Waals surface area (Å²) in [5.74, 6) is 0. The molecule has 2 heterocycles. The predicted molar refractivity (Wildman–Crippen MR) is 93.7 cm³/mol. The van der Waals surface area contributed by atoms with Crippen LogP contribution in [-0.4, -0.2) is 29.5 Å². The second kappa shape index (κ2) is 7.93. The van der Waals surface area contributed by atoms with Gasteiger partial charge >= 0.3 is 0 Å². The first-order valence-corrected chi connectivity index (χ1v) is 7.72. The van der Waals surface area contributed by atoms with E-state index >= 15 is 0 Å². The molecule has 1 aliphatic heterocycles. The van der Waals surface area contributed by atoms with Crippen LogP contribution in [0.25, 0.3) is 0 Å². The molecule has 1 aliphatic rings. The monoisotopic (exact) mass is 337 g/mol. The first-order valence-electron chi connectivity index (χ1n) is 7.35. The van der Waals surface area contributed by atoms with Crippen LogP contribution in [0, 0.1) is 6.92 Å². The molecule has 118 valence electrons. The minimum atomic E-state index is 0. The number of hydrogen-bond acceptors (Lipinski definition) is 3. The van der Waals surface area contributed by atoms with Gasteiger partial charge in [-0.2, -0.15) is 0 Å². The van der Waals surface area contributed by atoms with Crippen LogP contribution in [0.2, 0.25) is 5.02 Å². The van der Waals surface area contributed by atoms with Gasteiger partial charge in [-0.15, -0.1) is 12.4 Å². The second-order valence-electron chi connectivity index (χ2n) is 5.49. The van der Waals surface area contributed by atoms with E-state index in [0.29, 0.717) is 6.04 Å². The lowest BCUT2D eigenvalue weighted by atomic mass is 10.0. The Hall–Kier alpha value is -1.13. The normalized spacial score (nSPS) is 18.7. The maximum atomic E-state index is 6.15. The Labute approximate surface area is 143 Å². The van der Waals surface area contributed by atoms with Gasteiger partial charge in [0.1, 0.15) is 0 Å². The largest absolute Gasteiger partial charge is 0.314 e. The molecule has 1 aromatic heterocycles. The summed E-state index contributed by atoms with van der Waals surface area (Å²) in [5, 5.41) is 4.28. The van der Waals surface area contributed by atoms with E-state index in [1.165, 1.54) is 11.1 Å². The summed E-state index contributed by atoms with van der Waals surface area (Å²) < 4.78 is 0. The molecule has 1 unspecified atom stereocenters. The zero-order valence-electron chi connectivity index (χ0n) is 12.6. The number of benzene rings is 1. The lowest BCUT2D eigenvalue weighted by molar-refractivity contribution is 0.153. The van der Waals surface area contributed by atoms with Crippen LogP contribution >= 0.6 is 24.0 Å². The Kier molecular flexibility index (Phi) is 6.21. The third kappa shape index (κ3) is 3.99. The number of aryl methyl sites for hydroxylation is 1. The van der Waals surface area contributed by atoms with Crippen LogP contribution < -0.4 is 5.32 Å². The van der Waals surface area contributed by atoms with Crippen molar-refractivity contribution in [1.82, 2.24) is 15.2 Å². The fourth-order valence-electron chi connectivity index (χ4n) is 2.88. The van der Waals surface area contributed by atoms with E-state index in [4.69, 9.17) is 11.6 Å². The number of piperazine rings is 1. The van der Waals surface area contributed by atoms with E-state index in [-0.39, 0.29) is 12.4 Å². The summed E-state index contributed by atoms with van der Waals surface area (Å²) in [6.45, 7) is 6.02. The first-order chi connectivity index (χ1) is 10.2. The molecule has 0 bridgehead atoms. The van der Waals surface area contributed by atoms with Crippen molar-refractivity contribution in [3.05, 3.63) is 64.4 Å². The number of aromatic nitrogens is 1. The molecule has 1 fully saturated rings. The summed E-state index contributed by atoms with van der Waals surface area (Å²) in [6, 6.07) is 12.7. The van der Waals surface area contributed by atoms with E-state index in [1.807, 2.05) is 24.4 Å². The number of rotatable bonds is 3. The SMILES string of the molecule is Cc1ncccc1CN1CCNCC1c1cccc(Cl)c1.Cl. The number of nitrogens with one attached hydrogen (secondary N) is 1. The van der Waals surface area contributed by atoms with Crippen molar-refractivity contribution in [2.75, 3.05) is 19.6 Å². The highest BCUT2D eigenvalue weighted by Gasteiger charge is 2.24. The van der Waals surface area contributed by atoms with E-state index in [1.54, 1.807) is 0 Å². The fourth-order valence-corrected chi connectivity index (χ4v) is 3.08. The molecule has 3 nitrogen and oxygen atoms in total. The van der Waals surface area contributed by atoms with Crippen molar-refractivity contribution in [3.63, 3.8) is 0 Å². The highest BCUT2D eigenvalue weighted by Crippen LogP contribution is 2.26. The van der Waals surface area contributed by atoms with Gasteiger partial charge in [-0.25, -0.2) is 0 Å². The number of halogens is 2. The molecular weight excluding hydrogens is 317 g/mol. The minimum Gasteiger partial charge on any atom is -0.314 e. The summed E-state index contributed by atoms with van der Waals surface area (Å²) in [4.78, 5) is 6.90. The Morgan fingerprint density at radius 3 is 2.95 bits per heavy atom. The Morgan fingerprint density at radius 1 is 1.32 bits per heavy atom. The number of pyridine rings is 1. The maximum Gasteiger partial charge on any atom is 0.0477 e. The molecule has 1 saturated heterocycles. The Bertz CT molecular complexity index is 618. The molecule has 0 spiro atoms. The minimum absolute atomic E-state index is 0. The van der Waals surface area contributed by atoms with Gasteiger partial charge in [0.25, 0.3) is 0 Å². The van der Waals surface area contributed by atoms with Crippen LogP contribution in [0.15, 0.2) is 42.6 Å². The van der Waals surface area contributed by atoms with Gasteiger partial charge in [-0.1, -0.05) is 29.8 Å². The van der Waals surface area contributed by atoms with Crippen LogP contribution in [0.1, 0.15) is 22.9 Å². The molecular formula is C17H21Cl2N3. The third-order valence-electron chi connectivity index (χ3n) is 4.08. The van der Waals surface area contributed by atoms with Crippen LogP contribution in [-0.2, 0) is 6.54 Å². The van der Waals surface area contributed by atoms with Crippen molar-refractivity contribution in [2.24, 2.45) is 0 Å². The molecule has 5 heteroatoms. The van der Waals surface area contributed by atoms with E-state index < -0.39 is 0 Å². The van der Waals surface area contributed by atoms with E-state index in [0.717, 1.165) is 36.9 Å². The van der Waals surface area contributed by atoms with Gasteiger partial charge in [0.05, 0.1) is 0 Å². The van der Waals surface area contributed by atoms with Crippen molar-refractivity contribution in [3.8, 4) is 0 Å². The lowest BCUT2D eigenvalue weighted by Gasteiger charge is -2.36. The van der Waals surface area contributed by atoms with Crippen LogP contribution in [0.3, 0.4) is 0 Å². The van der Waals surface area contributed by atoms with Gasteiger partial charge in [-0.05, 0) is 36.2 Å². The highest BCUT2D eigenvalue weighted by molar-refractivity contribution is 6.30. The summed E-state index contributed by atoms with van der Waals surface area (Å²) in [5.41, 5.74) is 3.68. The lowest BCUT2D eigenvalue weighted by Crippen LogP contribution is -2.45. The maximum absolute atomic E-state index is 6.15. The van der Waals surface area contributed by atoms with Crippen molar-refractivity contribution < 1.29 is 0 Å². The van der Waals surface area contributed by atoms with Gasteiger partial charge in [-0.3, -0.25) is 9.88 Å². The molecule has 0 aliphatic carbocycles. The number of nitrogens with zero attached hydrogens (tertiary/aromatic N) is 2. The molecule has 3 rings (SSSR count). The summed E-state index contributed by atoms with van der Waals surface area (Å²) in [6.07, 6.45) is 1.85. The quantitative estimate of drug-likeness (QED) is 0.927. The zero-order chi connectivity index (χ0) is 14.7. The molecule has 0 radical (unpaired) electrons. The Balaban J connectivity index is 0.00000176. The molecule has 1 N–H and O–H groups in total. The van der Waals surface area contributed by atoms with Crippen LogP contribution in [0.5, 0.6) is 0 Å². The average molecular weight is 338 g/mol. The smallest absolute Gasteiger partial charge is 0.0477 e. The zero-order valence-corrected chi connectivity index (χ0v) is 14.2. The van der Waals surface area contributed by atoms with Crippen molar-refractivity contribution in [1.29, 1.82) is 0 Å². The van der Waals surface area contributed by atoms with Gasteiger partial charge < -0.3 is 5.32 Å². The number of hydrogen-bond donors (Lipinski definition) is 1. The fraction of sp³-hybridized carbons (Fsp3) is 0.353. The van der Waals surface area contributed by atoms with Crippen molar-refractivity contribution >= 4 is 24.0 Å². The topological polar surface area (TPSA) is 28.2 Å². The summed E-state index contributed by atoms with van der Waals surface area (Å²) in [7, 11) is 0. The molecule has 1 aromatic carbocycles. The third-order valence-corrected chi connectivity index (χ3v) is 4.31. The van der Waals surface area contributed by atoms with Gasteiger partial charge in [0.2, 0.25) is 0 Å². The summed E-state index contributed by atoms with van der Waals surface area (Å²) >= 11 is 6.15. The molecule has 22 heavy (non-hydrogen) atoms. The first kappa shape index (κ1) is 17.2. The van der Waals surface area contributed by atoms with Crippen LogP contribution in [0.4, 0.5) is 0 Å². The highest BCUT2D eigenvalue weighted by atomic mass is 35.5. The van der Waals surface area contributed by atoms with Gasteiger partial charge in [0, 0.05) is 49.1 Å². The average Bonchev–Trinajstić information content (AvgIpc) is 2.50. The van der Waals surface area contributed by atoms with Gasteiger partial charge in [0.15, 0.2) is 0 Å². The molecule has 1 atom stereocenters. The molecule has 2 aromatic rings. The second-order valence-corrected chi connectivity index (χ2v) is 5.93.